The van der Waals surface area contributed by atoms with Crippen LogP contribution in [0.25, 0.3) is 0 Å². The lowest BCUT2D eigenvalue weighted by molar-refractivity contribution is -0.209. The molecule has 1 aliphatic rings. The number of amides is 1. The molecule has 5 unspecified atom stereocenters. The van der Waals surface area contributed by atoms with Gasteiger partial charge in [0.1, 0.15) is 12.1 Å². The number of rotatable bonds is 10. The molecule has 0 saturated heterocycles. The second-order valence-electron chi connectivity index (χ2n) is 7.60. The third kappa shape index (κ3) is 8.56. The normalized spacial score (nSPS) is 25.2. The van der Waals surface area contributed by atoms with Gasteiger partial charge in [-0.2, -0.15) is 0 Å². The van der Waals surface area contributed by atoms with Crippen LogP contribution in [0.4, 0.5) is 0 Å². The molecule has 0 aliphatic heterocycles. The number of aliphatic carboxylic acids is 1. The van der Waals surface area contributed by atoms with Crippen molar-refractivity contribution in [3.8, 4) is 0 Å². The van der Waals surface area contributed by atoms with Gasteiger partial charge < -0.3 is 41.2 Å². The average molecular weight is 474 g/mol. The highest BCUT2D eigenvalue weighted by Crippen LogP contribution is 2.36. The average Bonchev–Trinajstić information content (AvgIpc) is 2.65. The first kappa shape index (κ1) is 27.6. The van der Waals surface area contributed by atoms with Gasteiger partial charge in [0, 0.05) is 40.2 Å². The number of hydrogen-bond acceptors (Lipinski definition) is 10. The van der Waals surface area contributed by atoms with E-state index in [0.717, 1.165) is 20.8 Å². The van der Waals surface area contributed by atoms with Crippen LogP contribution in [0.3, 0.4) is 0 Å². The Bertz CT molecular complexity index is 797. The van der Waals surface area contributed by atoms with Crippen LogP contribution >= 0.6 is 0 Å². The summed E-state index contributed by atoms with van der Waals surface area (Å²) in [6.45, 7) is 3.28. The molecular formula is C19H30N4O10. The molecule has 7 N–H and O–H groups in total. The number of nitrogens with two attached hydrogens (primary N) is 2. The van der Waals surface area contributed by atoms with E-state index in [1.807, 2.05) is 0 Å². The Morgan fingerprint density at radius 1 is 1.06 bits per heavy atom. The van der Waals surface area contributed by atoms with E-state index in [9.17, 15) is 34.2 Å². The summed E-state index contributed by atoms with van der Waals surface area (Å²) in [5.41, 5.74) is 8.34. The molecule has 0 bridgehead atoms. The summed E-state index contributed by atoms with van der Waals surface area (Å²) in [7, 11) is 0. The molecule has 1 saturated carbocycles. The standard InChI is InChI=1S/C19H30N4O10/c1-9(24)31-14-8-19(33-11(3)26,7-13(27)15(14)32-10(2)25)17(30)23-12(16(28)29)5-4-6-22-18(20)21/h12-15,27H,4-8H2,1-3H3,(H,23,30)(H,28,29)(H4,20,21,22). The van der Waals surface area contributed by atoms with Crippen molar-refractivity contribution in [3.63, 3.8) is 0 Å². The van der Waals surface area contributed by atoms with Crippen LogP contribution in [-0.4, -0.2) is 82.5 Å². The monoisotopic (exact) mass is 474 g/mol. The third-order valence-corrected chi connectivity index (χ3v) is 4.74. The zero-order valence-electron chi connectivity index (χ0n) is 18.6. The number of ether oxygens (including phenoxy) is 3. The van der Waals surface area contributed by atoms with Crippen molar-refractivity contribution >= 4 is 35.7 Å². The quantitative estimate of drug-likeness (QED) is 0.0755. The maximum absolute atomic E-state index is 13.1. The smallest absolute Gasteiger partial charge is 0.326 e. The molecule has 0 heterocycles. The van der Waals surface area contributed by atoms with Crippen molar-refractivity contribution in [1.29, 1.82) is 0 Å². The largest absolute Gasteiger partial charge is 0.480 e. The third-order valence-electron chi connectivity index (χ3n) is 4.74. The van der Waals surface area contributed by atoms with Crippen molar-refractivity contribution in [2.45, 2.75) is 76.4 Å². The van der Waals surface area contributed by atoms with E-state index in [1.54, 1.807) is 0 Å². The topological polar surface area (TPSA) is 230 Å². The summed E-state index contributed by atoms with van der Waals surface area (Å²) in [4.78, 5) is 63.3. The number of carboxylic acid groups (broad SMARTS) is 1. The second kappa shape index (κ2) is 12.0. The summed E-state index contributed by atoms with van der Waals surface area (Å²) in [6, 6.07) is -1.39. The summed E-state index contributed by atoms with van der Waals surface area (Å²) >= 11 is 0. The van der Waals surface area contributed by atoms with Crippen LogP contribution in [0.15, 0.2) is 4.99 Å². The van der Waals surface area contributed by atoms with E-state index in [1.165, 1.54) is 0 Å². The molecule has 0 radical (unpaired) electrons. The fourth-order valence-electron chi connectivity index (χ4n) is 3.54. The van der Waals surface area contributed by atoms with Crippen molar-refractivity contribution in [2.75, 3.05) is 6.54 Å². The molecule has 0 aromatic carbocycles. The number of aliphatic hydroxyl groups is 1. The minimum atomic E-state index is -2.09. The summed E-state index contributed by atoms with van der Waals surface area (Å²) in [5.74, 6) is -5.03. The van der Waals surface area contributed by atoms with Crippen LogP contribution in [0.5, 0.6) is 0 Å². The van der Waals surface area contributed by atoms with Crippen molar-refractivity contribution in [1.82, 2.24) is 5.32 Å². The summed E-state index contributed by atoms with van der Waals surface area (Å²) in [6.07, 6.45) is -5.09. The molecule has 14 heteroatoms. The van der Waals surface area contributed by atoms with Gasteiger partial charge >= 0.3 is 23.9 Å². The molecule has 1 amide bonds. The van der Waals surface area contributed by atoms with E-state index in [2.05, 4.69) is 10.3 Å². The predicted molar refractivity (Wildman–Crippen MR) is 110 cm³/mol. The van der Waals surface area contributed by atoms with E-state index in [0.29, 0.717) is 0 Å². The lowest BCUT2D eigenvalue weighted by Gasteiger charge is -2.44. The highest BCUT2D eigenvalue weighted by Gasteiger charge is 2.55. The molecule has 0 spiro atoms. The van der Waals surface area contributed by atoms with E-state index in [4.69, 9.17) is 25.7 Å². The van der Waals surface area contributed by atoms with Crippen LogP contribution in [0.1, 0.15) is 46.5 Å². The Morgan fingerprint density at radius 2 is 1.67 bits per heavy atom. The lowest BCUT2D eigenvalue weighted by atomic mass is 9.78. The van der Waals surface area contributed by atoms with Crippen molar-refractivity contribution in [2.24, 2.45) is 16.5 Å². The number of hydrogen-bond donors (Lipinski definition) is 5. The van der Waals surface area contributed by atoms with Gasteiger partial charge in [0.25, 0.3) is 5.91 Å². The van der Waals surface area contributed by atoms with Crippen molar-refractivity contribution in [3.05, 3.63) is 0 Å². The SMILES string of the molecule is CC(=O)OC1CC(OC(C)=O)(C(=O)NC(CCCN=C(N)N)C(=O)O)CC(O)C1OC(C)=O. The number of guanidine groups is 1. The number of aliphatic imine (C=N–C) groups is 1. The molecule has 33 heavy (non-hydrogen) atoms. The number of nitrogens with zero attached hydrogens (tertiary/aromatic N) is 1. The van der Waals surface area contributed by atoms with Gasteiger partial charge in [0.15, 0.2) is 17.7 Å². The molecule has 0 aromatic rings. The molecule has 0 aromatic heterocycles. The summed E-state index contributed by atoms with van der Waals surface area (Å²) in [5, 5.41) is 22.3. The minimum Gasteiger partial charge on any atom is -0.480 e. The van der Waals surface area contributed by atoms with Crippen LogP contribution in [-0.2, 0) is 38.2 Å². The first-order valence-electron chi connectivity index (χ1n) is 10.1. The van der Waals surface area contributed by atoms with Gasteiger partial charge in [-0.1, -0.05) is 0 Å². The number of aliphatic hydroxyl groups excluding tert-OH is 1. The molecule has 5 atom stereocenters. The minimum absolute atomic E-state index is 0.0556. The molecule has 1 aliphatic carbocycles. The van der Waals surface area contributed by atoms with E-state index in [-0.39, 0.29) is 25.3 Å². The van der Waals surface area contributed by atoms with Gasteiger partial charge in [-0.3, -0.25) is 24.2 Å². The Labute approximate surface area is 189 Å². The van der Waals surface area contributed by atoms with Gasteiger partial charge in [-0.15, -0.1) is 0 Å². The first-order valence-corrected chi connectivity index (χ1v) is 10.1. The molecule has 14 nitrogen and oxygen atoms in total. The predicted octanol–water partition coefficient (Wildman–Crippen LogP) is -2.07. The number of esters is 3. The Hall–Kier alpha value is -3.42. The highest BCUT2D eigenvalue weighted by molar-refractivity contribution is 5.91. The first-order chi connectivity index (χ1) is 15.3. The number of carbonyl (C=O) groups is 5. The number of carbonyl (C=O) groups excluding carboxylic acids is 4. The van der Waals surface area contributed by atoms with Crippen molar-refractivity contribution < 1.29 is 48.4 Å². The number of carboxylic acids is 1. The number of nitrogens with one attached hydrogen (secondary N) is 1. The fraction of sp³-hybridized carbons (Fsp3) is 0.684. The zero-order chi connectivity index (χ0) is 25.3. The van der Waals surface area contributed by atoms with Crippen LogP contribution in [0, 0.1) is 0 Å². The van der Waals surface area contributed by atoms with Gasteiger partial charge in [0.2, 0.25) is 0 Å². The molecule has 1 rings (SSSR count). The maximum atomic E-state index is 13.1. The van der Waals surface area contributed by atoms with Crippen LogP contribution in [0.2, 0.25) is 0 Å². The van der Waals surface area contributed by atoms with Crippen LogP contribution < -0.4 is 16.8 Å². The Kier molecular flexibility index (Phi) is 10.0. The van der Waals surface area contributed by atoms with Gasteiger partial charge in [-0.05, 0) is 12.8 Å². The lowest BCUT2D eigenvalue weighted by Crippen LogP contribution is -2.63. The molecule has 186 valence electrons. The zero-order valence-corrected chi connectivity index (χ0v) is 18.6. The Morgan fingerprint density at radius 3 is 2.15 bits per heavy atom. The van der Waals surface area contributed by atoms with E-state index < -0.39 is 72.6 Å². The van der Waals surface area contributed by atoms with E-state index >= 15 is 0 Å². The second-order valence-corrected chi connectivity index (χ2v) is 7.60. The summed E-state index contributed by atoms with van der Waals surface area (Å²) < 4.78 is 15.4. The Balaban J connectivity index is 3.17. The molecule has 1 fully saturated rings. The molecular weight excluding hydrogens is 444 g/mol. The fourth-order valence-corrected chi connectivity index (χ4v) is 3.54. The maximum Gasteiger partial charge on any atom is 0.326 e. The highest BCUT2D eigenvalue weighted by atomic mass is 16.6. The van der Waals surface area contributed by atoms with Gasteiger partial charge in [-0.25, -0.2) is 4.79 Å². The van der Waals surface area contributed by atoms with Gasteiger partial charge in [0.05, 0.1) is 6.10 Å².